The fraction of sp³-hybridized carbons (Fsp3) is 0.273. The number of carbonyl (C=O) groups is 1. The van der Waals surface area contributed by atoms with Gasteiger partial charge in [-0.25, -0.2) is 13.6 Å². The van der Waals surface area contributed by atoms with E-state index in [-0.39, 0.29) is 11.4 Å². The summed E-state index contributed by atoms with van der Waals surface area (Å²) in [6.45, 7) is 7.38. The number of nitrogens with one attached hydrogen (secondary N) is 2. The molecule has 0 saturated carbocycles. The van der Waals surface area contributed by atoms with Gasteiger partial charge in [0.2, 0.25) is 0 Å². The molecule has 5 nitrogen and oxygen atoms in total. The number of H-pyrrole nitrogens is 1. The van der Waals surface area contributed by atoms with E-state index in [0.717, 1.165) is 0 Å². The highest BCUT2D eigenvalue weighted by Gasteiger charge is 2.20. The smallest absolute Gasteiger partial charge is 0.322 e. The molecule has 0 radical (unpaired) electrons. The number of urea groups is 1. The van der Waals surface area contributed by atoms with Crippen molar-refractivity contribution < 1.29 is 13.6 Å². The van der Waals surface area contributed by atoms with Crippen LogP contribution in [0.15, 0.2) is 47.4 Å². The average Bonchev–Trinajstić information content (AvgIpc) is 2.71. The van der Waals surface area contributed by atoms with Crippen LogP contribution in [0.3, 0.4) is 0 Å². The van der Waals surface area contributed by atoms with Gasteiger partial charge in [-0.05, 0) is 66.8 Å². The van der Waals surface area contributed by atoms with Crippen molar-refractivity contribution in [3.05, 3.63) is 75.7 Å². The van der Waals surface area contributed by atoms with Crippen LogP contribution in [0.2, 0.25) is 0 Å². The molecule has 7 heteroatoms. The standard InChI is InChI=1S/C20H19F2N3O2.C2H6/c1-11-8-14(5-7-18(11)22)24-20(27)25(3)12(2)17-10-23-19(26)15-6-4-13(21)9-16(15)17;1-2/h4-10,12H,1-3H3,(H,23,26)(H,24,27);1-2H3. The number of nitrogens with zero attached hydrogens (tertiary/aromatic N) is 1. The molecule has 0 spiro atoms. The van der Waals surface area contributed by atoms with Gasteiger partial charge in [0.15, 0.2) is 0 Å². The first-order valence-electron chi connectivity index (χ1n) is 9.38. The lowest BCUT2D eigenvalue weighted by atomic mass is 10.0. The average molecular weight is 401 g/mol. The third kappa shape index (κ3) is 4.80. The zero-order valence-corrected chi connectivity index (χ0v) is 17.1. The van der Waals surface area contributed by atoms with Crippen LogP contribution >= 0.6 is 0 Å². The van der Waals surface area contributed by atoms with E-state index in [9.17, 15) is 18.4 Å². The fourth-order valence-corrected chi connectivity index (χ4v) is 2.92. The normalized spacial score (nSPS) is 11.4. The number of fused-ring (bicyclic) bond motifs is 1. The number of anilines is 1. The van der Waals surface area contributed by atoms with E-state index in [2.05, 4.69) is 10.3 Å². The lowest BCUT2D eigenvalue weighted by Crippen LogP contribution is -2.34. The molecule has 2 N–H and O–H groups in total. The van der Waals surface area contributed by atoms with Gasteiger partial charge in [0.25, 0.3) is 5.56 Å². The van der Waals surface area contributed by atoms with Gasteiger partial charge in [0.05, 0.1) is 6.04 Å². The molecule has 0 aliphatic heterocycles. The Morgan fingerprint density at radius 2 is 1.79 bits per heavy atom. The second-order valence-corrected chi connectivity index (χ2v) is 6.44. The highest BCUT2D eigenvalue weighted by molar-refractivity contribution is 5.90. The Morgan fingerprint density at radius 3 is 2.45 bits per heavy atom. The zero-order valence-electron chi connectivity index (χ0n) is 17.1. The first-order chi connectivity index (χ1) is 13.8. The molecule has 0 aliphatic rings. The summed E-state index contributed by atoms with van der Waals surface area (Å²) in [6, 6.07) is 7.36. The molecule has 2 aromatic carbocycles. The Morgan fingerprint density at radius 1 is 1.10 bits per heavy atom. The van der Waals surface area contributed by atoms with Crippen LogP contribution in [0.4, 0.5) is 19.3 Å². The number of carbonyl (C=O) groups excluding carboxylic acids is 1. The van der Waals surface area contributed by atoms with Crippen molar-refractivity contribution in [3.63, 3.8) is 0 Å². The minimum atomic E-state index is -0.463. The van der Waals surface area contributed by atoms with Gasteiger partial charge in [0, 0.05) is 24.3 Å². The molecular formula is C22H25F2N3O2. The molecule has 1 aromatic heterocycles. The molecule has 2 amide bonds. The highest BCUT2D eigenvalue weighted by atomic mass is 19.1. The SMILES string of the molecule is CC.Cc1cc(NC(=O)N(C)C(C)c2c[nH]c(=O)c3ccc(F)cc23)ccc1F. The third-order valence-corrected chi connectivity index (χ3v) is 4.66. The minimum Gasteiger partial charge on any atom is -0.328 e. The Bertz CT molecular complexity index is 1080. The van der Waals surface area contributed by atoms with Crippen molar-refractivity contribution in [1.82, 2.24) is 9.88 Å². The molecule has 0 fully saturated rings. The molecule has 1 unspecified atom stereocenters. The summed E-state index contributed by atoms with van der Waals surface area (Å²) < 4.78 is 27.1. The summed E-state index contributed by atoms with van der Waals surface area (Å²) in [5.74, 6) is -0.813. The van der Waals surface area contributed by atoms with Crippen molar-refractivity contribution >= 4 is 22.5 Å². The van der Waals surface area contributed by atoms with Crippen molar-refractivity contribution in [3.8, 4) is 0 Å². The Balaban J connectivity index is 0.00000145. The number of rotatable bonds is 3. The number of hydrogen-bond donors (Lipinski definition) is 2. The van der Waals surface area contributed by atoms with Crippen molar-refractivity contribution in [2.24, 2.45) is 0 Å². The lowest BCUT2D eigenvalue weighted by Gasteiger charge is -2.26. The van der Waals surface area contributed by atoms with Crippen molar-refractivity contribution in [2.75, 3.05) is 12.4 Å². The summed E-state index contributed by atoms with van der Waals surface area (Å²) in [5.41, 5.74) is 1.17. The summed E-state index contributed by atoms with van der Waals surface area (Å²) in [6.07, 6.45) is 1.49. The van der Waals surface area contributed by atoms with Gasteiger partial charge in [-0.3, -0.25) is 4.79 Å². The number of pyridine rings is 1. The number of aromatic amines is 1. The van der Waals surface area contributed by atoms with Crippen LogP contribution in [0, 0.1) is 18.6 Å². The third-order valence-electron chi connectivity index (χ3n) is 4.66. The van der Waals surface area contributed by atoms with E-state index in [1.54, 1.807) is 20.9 Å². The molecule has 1 atom stereocenters. The summed E-state index contributed by atoms with van der Waals surface area (Å²) >= 11 is 0. The predicted molar refractivity (Wildman–Crippen MR) is 112 cm³/mol. The Labute approximate surface area is 168 Å². The molecule has 1 heterocycles. The number of halogens is 2. The molecular weight excluding hydrogens is 376 g/mol. The summed E-state index contributed by atoms with van der Waals surface area (Å²) in [4.78, 5) is 28.6. The molecule has 0 aliphatic carbocycles. The van der Waals surface area contributed by atoms with E-state index in [1.807, 2.05) is 13.8 Å². The molecule has 29 heavy (non-hydrogen) atoms. The first kappa shape index (κ1) is 22.1. The maximum absolute atomic E-state index is 13.7. The van der Waals surface area contributed by atoms with Crippen LogP contribution in [0.5, 0.6) is 0 Å². The van der Waals surface area contributed by atoms with E-state index >= 15 is 0 Å². The lowest BCUT2D eigenvalue weighted by molar-refractivity contribution is 0.208. The Kier molecular flexibility index (Phi) is 7.09. The predicted octanol–water partition coefficient (Wildman–Crippen LogP) is 5.37. The second kappa shape index (κ2) is 9.32. The van der Waals surface area contributed by atoms with Gasteiger partial charge >= 0.3 is 6.03 Å². The summed E-state index contributed by atoms with van der Waals surface area (Å²) in [5, 5.41) is 3.50. The molecule has 3 aromatic rings. The Hall–Kier alpha value is -3.22. The number of aromatic nitrogens is 1. The van der Waals surface area contributed by atoms with Crippen LogP contribution in [0.25, 0.3) is 10.8 Å². The quantitative estimate of drug-likeness (QED) is 0.620. The maximum Gasteiger partial charge on any atom is 0.322 e. The number of aryl methyl sites for hydroxylation is 1. The maximum atomic E-state index is 13.7. The fourth-order valence-electron chi connectivity index (χ4n) is 2.92. The molecule has 3 rings (SSSR count). The van der Waals surface area contributed by atoms with E-state index in [4.69, 9.17) is 0 Å². The van der Waals surface area contributed by atoms with E-state index in [0.29, 0.717) is 27.6 Å². The number of benzene rings is 2. The summed E-state index contributed by atoms with van der Waals surface area (Å²) in [7, 11) is 1.59. The monoisotopic (exact) mass is 401 g/mol. The van der Waals surface area contributed by atoms with Crippen molar-refractivity contribution in [1.29, 1.82) is 0 Å². The molecule has 154 valence electrons. The largest absolute Gasteiger partial charge is 0.328 e. The van der Waals surface area contributed by atoms with Crippen LogP contribution in [-0.4, -0.2) is 23.0 Å². The van der Waals surface area contributed by atoms with Gasteiger partial charge in [0.1, 0.15) is 11.6 Å². The zero-order chi connectivity index (χ0) is 21.7. The molecule has 0 bridgehead atoms. The van der Waals surface area contributed by atoms with Gasteiger partial charge in [-0.2, -0.15) is 0 Å². The van der Waals surface area contributed by atoms with Gasteiger partial charge in [-0.1, -0.05) is 13.8 Å². The minimum absolute atomic E-state index is 0.324. The highest BCUT2D eigenvalue weighted by Crippen LogP contribution is 2.26. The topological polar surface area (TPSA) is 65.2 Å². The van der Waals surface area contributed by atoms with Crippen LogP contribution < -0.4 is 10.9 Å². The van der Waals surface area contributed by atoms with Gasteiger partial charge < -0.3 is 15.2 Å². The first-order valence-corrected chi connectivity index (χ1v) is 9.38. The van der Waals surface area contributed by atoms with E-state index < -0.39 is 17.9 Å². The van der Waals surface area contributed by atoms with Crippen molar-refractivity contribution in [2.45, 2.75) is 33.7 Å². The van der Waals surface area contributed by atoms with E-state index in [1.165, 1.54) is 47.5 Å². The van der Waals surface area contributed by atoms with Crippen LogP contribution in [-0.2, 0) is 0 Å². The molecule has 0 saturated heterocycles. The van der Waals surface area contributed by atoms with Gasteiger partial charge in [-0.15, -0.1) is 0 Å². The second-order valence-electron chi connectivity index (χ2n) is 6.44. The number of hydrogen-bond acceptors (Lipinski definition) is 2. The number of amides is 2. The van der Waals surface area contributed by atoms with Crippen LogP contribution in [0.1, 0.15) is 37.9 Å².